The summed E-state index contributed by atoms with van der Waals surface area (Å²) in [5.41, 5.74) is 0.417. The van der Waals surface area contributed by atoms with Crippen LogP contribution in [0, 0.1) is 11.6 Å². The van der Waals surface area contributed by atoms with Crippen molar-refractivity contribution in [2.24, 2.45) is 0 Å². The molecule has 1 atom stereocenters. The van der Waals surface area contributed by atoms with Gasteiger partial charge in [-0.05, 0) is 24.6 Å². The highest BCUT2D eigenvalue weighted by Crippen LogP contribution is 2.32. The highest BCUT2D eigenvalue weighted by molar-refractivity contribution is 9.10. The zero-order chi connectivity index (χ0) is 14.7. The predicted molar refractivity (Wildman–Crippen MR) is 78.8 cm³/mol. The molecule has 5 heteroatoms. The van der Waals surface area contributed by atoms with Gasteiger partial charge in [0.2, 0.25) is 0 Å². The van der Waals surface area contributed by atoms with Crippen molar-refractivity contribution in [3.05, 3.63) is 58.1 Å². The van der Waals surface area contributed by atoms with Gasteiger partial charge in [0.25, 0.3) is 0 Å². The topological polar surface area (TPSA) is 32.3 Å². The van der Waals surface area contributed by atoms with Crippen molar-refractivity contribution in [1.29, 1.82) is 0 Å². The van der Waals surface area contributed by atoms with E-state index in [2.05, 4.69) is 21.2 Å². The van der Waals surface area contributed by atoms with Crippen LogP contribution >= 0.6 is 15.9 Å². The van der Waals surface area contributed by atoms with Crippen LogP contribution in [-0.2, 0) is 0 Å². The maximum absolute atomic E-state index is 13.8. The van der Waals surface area contributed by atoms with E-state index < -0.39 is 11.6 Å². The summed E-state index contributed by atoms with van der Waals surface area (Å²) in [6.07, 6.45) is 0.576. The molecule has 0 aliphatic carbocycles. The summed E-state index contributed by atoms with van der Waals surface area (Å²) in [6.45, 7) is 1.87. The van der Waals surface area contributed by atoms with Gasteiger partial charge in [-0.25, -0.2) is 8.78 Å². The molecule has 0 spiro atoms. The van der Waals surface area contributed by atoms with Crippen molar-refractivity contribution >= 4 is 21.6 Å². The lowest BCUT2D eigenvalue weighted by molar-refractivity contribution is 0.462. The fourth-order valence-corrected chi connectivity index (χ4v) is 2.44. The summed E-state index contributed by atoms with van der Waals surface area (Å²) in [5.74, 6) is -1.25. The normalized spacial score (nSPS) is 12.2. The Labute approximate surface area is 124 Å². The first-order chi connectivity index (χ1) is 9.52. The molecule has 0 heterocycles. The van der Waals surface area contributed by atoms with Crippen LogP contribution in [0.15, 0.2) is 40.9 Å². The summed E-state index contributed by atoms with van der Waals surface area (Å²) in [4.78, 5) is 0. The van der Waals surface area contributed by atoms with Crippen LogP contribution in [-0.4, -0.2) is 5.11 Å². The highest BCUT2D eigenvalue weighted by atomic mass is 79.9. The standard InChI is InChI=1S/C15H14BrF2NO/c1-2-13(10-5-3-4-6-14(10)20)19-15-11(17)7-9(16)8-12(15)18/h3-8,13,19-20H,2H2,1H3. The first kappa shape index (κ1) is 14.8. The summed E-state index contributed by atoms with van der Waals surface area (Å²) in [6, 6.07) is 8.77. The summed E-state index contributed by atoms with van der Waals surface area (Å²) < 4.78 is 28.0. The van der Waals surface area contributed by atoms with E-state index >= 15 is 0 Å². The molecule has 0 radical (unpaired) electrons. The van der Waals surface area contributed by atoms with Gasteiger partial charge in [-0.2, -0.15) is 0 Å². The largest absolute Gasteiger partial charge is 0.508 e. The minimum atomic E-state index is -0.675. The first-order valence-corrected chi connectivity index (χ1v) is 7.01. The quantitative estimate of drug-likeness (QED) is 0.820. The number of halogens is 3. The van der Waals surface area contributed by atoms with Gasteiger partial charge in [0.15, 0.2) is 0 Å². The van der Waals surface area contributed by atoms with Crippen LogP contribution in [0.5, 0.6) is 5.75 Å². The number of para-hydroxylation sites is 1. The molecule has 20 heavy (non-hydrogen) atoms. The molecule has 2 aromatic carbocycles. The molecule has 106 valence electrons. The Balaban J connectivity index is 2.35. The second-order valence-electron chi connectivity index (χ2n) is 4.41. The second-order valence-corrected chi connectivity index (χ2v) is 5.32. The Morgan fingerprint density at radius 3 is 2.35 bits per heavy atom. The van der Waals surface area contributed by atoms with Crippen LogP contribution in [0.4, 0.5) is 14.5 Å². The van der Waals surface area contributed by atoms with Crippen molar-refractivity contribution in [2.45, 2.75) is 19.4 Å². The predicted octanol–water partition coefficient (Wildman–Crippen LogP) is 5.00. The molecule has 0 aliphatic rings. The molecule has 0 saturated carbocycles. The van der Waals surface area contributed by atoms with Gasteiger partial charge in [0.1, 0.15) is 23.1 Å². The average molecular weight is 342 g/mol. The SMILES string of the molecule is CCC(Nc1c(F)cc(Br)cc1F)c1ccccc1O. The van der Waals surface area contributed by atoms with Crippen molar-refractivity contribution in [3.8, 4) is 5.75 Å². The van der Waals surface area contributed by atoms with Gasteiger partial charge >= 0.3 is 0 Å². The zero-order valence-electron chi connectivity index (χ0n) is 10.8. The van der Waals surface area contributed by atoms with Crippen molar-refractivity contribution in [3.63, 3.8) is 0 Å². The number of hydrogen-bond acceptors (Lipinski definition) is 2. The van der Waals surface area contributed by atoms with E-state index in [4.69, 9.17) is 0 Å². The van der Waals surface area contributed by atoms with Crippen molar-refractivity contribution in [1.82, 2.24) is 0 Å². The maximum atomic E-state index is 13.8. The van der Waals surface area contributed by atoms with Crippen LogP contribution in [0.3, 0.4) is 0 Å². The Bertz CT molecular complexity index is 596. The smallest absolute Gasteiger partial charge is 0.150 e. The van der Waals surface area contributed by atoms with E-state index in [1.165, 1.54) is 12.1 Å². The van der Waals surface area contributed by atoms with E-state index in [0.29, 0.717) is 16.5 Å². The fourth-order valence-electron chi connectivity index (χ4n) is 2.04. The van der Waals surface area contributed by atoms with Gasteiger partial charge in [-0.1, -0.05) is 41.1 Å². The van der Waals surface area contributed by atoms with Gasteiger partial charge in [0, 0.05) is 10.0 Å². The Morgan fingerprint density at radius 2 is 1.80 bits per heavy atom. The Kier molecular flexibility index (Phi) is 4.60. The van der Waals surface area contributed by atoms with E-state index in [1.807, 2.05) is 6.92 Å². The highest BCUT2D eigenvalue weighted by Gasteiger charge is 2.18. The molecule has 2 nitrogen and oxygen atoms in total. The average Bonchev–Trinajstić information content (AvgIpc) is 2.39. The summed E-state index contributed by atoms with van der Waals surface area (Å²) in [7, 11) is 0. The lowest BCUT2D eigenvalue weighted by Crippen LogP contribution is -2.12. The summed E-state index contributed by atoms with van der Waals surface area (Å²) >= 11 is 3.04. The van der Waals surface area contributed by atoms with Crippen LogP contribution in [0.25, 0.3) is 0 Å². The number of aromatic hydroxyl groups is 1. The molecule has 2 N–H and O–H groups in total. The molecular formula is C15H14BrF2NO. The molecule has 0 saturated heterocycles. The van der Waals surface area contributed by atoms with Crippen LogP contribution in [0.2, 0.25) is 0 Å². The fraction of sp³-hybridized carbons (Fsp3) is 0.200. The third-order valence-electron chi connectivity index (χ3n) is 3.05. The van der Waals surface area contributed by atoms with E-state index in [1.54, 1.807) is 24.3 Å². The van der Waals surface area contributed by atoms with Gasteiger partial charge < -0.3 is 10.4 Å². The van der Waals surface area contributed by atoms with E-state index in [9.17, 15) is 13.9 Å². The third-order valence-corrected chi connectivity index (χ3v) is 3.50. The minimum Gasteiger partial charge on any atom is -0.508 e. The monoisotopic (exact) mass is 341 g/mol. The van der Waals surface area contributed by atoms with E-state index in [0.717, 1.165) is 0 Å². The number of nitrogens with one attached hydrogen (secondary N) is 1. The van der Waals surface area contributed by atoms with Crippen molar-refractivity contribution < 1.29 is 13.9 Å². The third kappa shape index (κ3) is 3.10. The van der Waals surface area contributed by atoms with Gasteiger partial charge in [-0.3, -0.25) is 0 Å². The number of hydrogen-bond donors (Lipinski definition) is 2. The first-order valence-electron chi connectivity index (χ1n) is 6.22. The number of benzene rings is 2. The molecular weight excluding hydrogens is 328 g/mol. The van der Waals surface area contributed by atoms with Crippen LogP contribution < -0.4 is 5.32 Å². The Hall–Kier alpha value is -1.62. The maximum Gasteiger partial charge on any atom is 0.150 e. The Morgan fingerprint density at radius 1 is 1.20 bits per heavy atom. The molecule has 0 aromatic heterocycles. The molecule has 0 aliphatic heterocycles. The van der Waals surface area contributed by atoms with Crippen molar-refractivity contribution in [2.75, 3.05) is 5.32 Å². The molecule has 2 rings (SSSR count). The minimum absolute atomic E-state index is 0.102. The summed E-state index contributed by atoms with van der Waals surface area (Å²) in [5, 5.41) is 12.7. The number of anilines is 1. The number of phenols is 1. The molecule has 2 aromatic rings. The molecule has 0 bridgehead atoms. The van der Waals surface area contributed by atoms with Gasteiger partial charge in [0.05, 0.1) is 6.04 Å². The lowest BCUT2D eigenvalue weighted by Gasteiger charge is -2.20. The number of rotatable bonds is 4. The molecule has 0 amide bonds. The van der Waals surface area contributed by atoms with Gasteiger partial charge in [-0.15, -0.1) is 0 Å². The molecule has 1 unspecified atom stereocenters. The second kappa shape index (κ2) is 6.22. The van der Waals surface area contributed by atoms with E-state index in [-0.39, 0.29) is 17.5 Å². The number of phenolic OH excluding ortho intramolecular Hbond substituents is 1. The van der Waals surface area contributed by atoms with Crippen LogP contribution in [0.1, 0.15) is 24.9 Å². The molecule has 0 fully saturated rings. The zero-order valence-corrected chi connectivity index (χ0v) is 12.4. The lowest BCUT2D eigenvalue weighted by atomic mass is 10.0.